The van der Waals surface area contributed by atoms with Gasteiger partial charge in [-0.1, -0.05) is 23.7 Å². The molecular weight excluding hydrogens is 278 g/mol. The van der Waals surface area contributed by atoms with Crippen molar-refractivity contribution in [3.63, 3.8) is 0 Å². The molecule has 0 atom stereocenters. The van der Waals surface area contributed by atoms with Gasteiger partial charge in [0.25, 0.3) is 5.56 Å². The molecule has 0 unspecified atom stereocenters. The van der Waals surface area contributed by atoms with Crippen LogP contribution in [0.3, 0.4) is 0 Å². The fourth-order valence-corrected chi connectivity index (χ4v) is 1.78. The summed E-state index contributed by atoms with van der Waals surface area (Å²) in [6, 6.07) is 5.59. The van der Waals surface area contributed by atoms with Crippen molar-refractivity contribution in [2.24, 2.45) is 0 Å². The fraction of sp³-hybridized carbons (Fsp3) is 0.167. The molecule has 1 aromatic heterocycles. The zero-order chi connectivity index (χ0) is 14.0. The van der Waals surface area contributed by atoms with Crippen LogP contribution in [0, 0.1) is 11.6 Å². The summed E-state index contributed by atoms with van der Waals surface area (Å²) in [7, 11) is 0. The molecule has 2 rings (SSSR count). The Morgan fingerprint density at radius 2 is 1.79 bits per heavy atom. The lowest BCUT2D eigenvalue weighted by Gasteiger charge is -2.05. The van der Waals surface area contributed by atoms with Gasteiger partial charge in [-0.05, 0) is 24.1 Å². The van der Waals surface area contributed by atoms with Crippen LogP contribution in [-0.4, -0.2) is 9.55 Å². The summed E-state index contributed by atoms with van der Waals surface area (Å²) in [6.07, 6.45) is 0.296. The molecule has 7 heteroatoms. The Labute approximate surface area is 111 Å². The Morgan fingerprint density at radius 1 is 1.16 bits per heavy atom. The van der Waals surface area contributed by atoms with E-state index in [9.17, 15) is 18.4 Å². The van der Waals surface area contributed by atoms with Gasteiger partial charge in [0.15, 0.2) is 5.15 Å². The lowest BCUT2D eigenvalue weighted by atomic mass is 10.1. The van der Waals surface area contributed by atoms with Crippen molar-refractivity contribution in [2.75, 3.05) is 0 Å². The standard InChI is InChI=1S/C12H9ClF2N2O2/c13-10-9(15)11(18)17(12(19)16-10)6-5-7-1-3-8(14)4-2-7/h1-4H,5-6H2,(H,16,19). The second kappa shape index (κ2) is 5.36. The van der Waals surface area contributed by atoms with Crippen molar-refractivity contribution >= 4 is 11.6 Å². The minimum atomic E-state index is -1.19. The van der Waals surface area contributed by atoms with E-state index in [2.05, 4.69) is 0 Å². The van der Waals surface area contributed by atoms with Gasteiger partial charge in [-0.2, -0.15) is 4.39 Å². The van der Waals surface area contributed by atoms with Crippen molar-refractivity contribution < 1.29 is 8.78 Å². The molecule has 0 saturated heterocycles. The number of halogens is 3. The van der Waals surface area contributed by atoms with E-state index in [-0.39, 0.29) is 12.4 Å². The molecule has 0 amide bonds. The first-order valence-corrected chi connectivity index (χ1v) is 5.79. The topological polar surface area (TPSA) is 54.9 Å². The van der Waals surface area contributed by atoms with Crippen LogP contribution in [0.5, 0.6) is 0 Å². The highest BCUT2D eigenvalue weighted by atomic mass is 35.5. The predicted octanol–water partition coefficient (Wildman–Crippen LogP) is 1.71. The molecule has 4 nitrogen and oxygen atoms in total. The number of hydrogen-bond donors (Lipinski definition) is 1. The normalized spacial score (nSPS) is 10.7. The number of aromatic amines is 1. The van der Waals surface area contributed by atoms with Crippen LogP contribution in [0.25, 0.3) is 0 Å². The largest absolute Gasteiger partial charge is 0.329 e. The van der Waals surface area contributed by atoms with Gasteiger partial charge in [0, 0.05) is 6.54 Å². The van der Waals surface area contributed by atoms with Crippen LogP contribution < -0.4 is 11.2 Å². The summed E-state index contributed by atoms with van der Waals surface area (Å²) in [5.74, 6) is -1.57. The monoisotopic (exact) mass is 286 g/mol. The van der Waals surface area contributed by atoms with Crippen molar-refractivity contribution in [1.29, 1.82) is 0 Å². The molecular formula is C12H9ClF2N2O2. The molecule has 2 aromatic rings. The number of rotatable bonds is 3. The van der Waals surface area contributed by atoms with E-state index in [0.29, 0.717) is 11.0 Å². The van der Waals surface area contributed by atoms with Crippen molar-refractivity contribution in [3.8, 4) is 0 Å². The van der Waals surface area contributed by atoms with Crippen LogP contribution in [0.1, 0.15) is 5.56 Å². The Morgan fingerprint density at radius 3 is 2.42 bits per heavy atom. The molecule has 0 saturated carbocycles. The second-order valence-corrected chi connectivity index (χ2v) is 4.27. The number of H-pyrrole nitrogens is 1. The number of aryl methyl sites for hydroxylation is 1. The van der Waals surface area contributed by atoms with E-state index >= 15 is 0 Å². The van der Waals surface area contributed by atoms with Crippen LogP contribution in [-0.2, 0) is 13.0 Å². The predicted molar refractivity (Wildman–Crippen MR) is 66.4 cm³/mol. The van der Waals surface area contributed by atoms with Gasteiger partial charge in [-0.15, -0.1) is 0 Å². The van der Waals surface area contributed by atoms with Crippen molar-refractivity contribution in [3.05, 3.63) is 67.5 Å². The average Bonchev–Trinajstić information content (AvgIpc) is 2.38. The molecule has 1 aromatic carbocycles. The number of nitrogens with zero attached hydrogens (tertiary/aromatic N) is 1. The maximum atomic E-state index is 13.3. The highest BCUT2D eigenvalue weighted by Gasteiger charge is 2.11. The van der Waals surface area contributed by atoms with Gasteiger partial charge in [-0.3, -0.25) is 14.3 Å². The Bertz CT molecular complexity index is 707. The lowest BCUT2D eigenvalue weighted by Crippen LogP contribution is -2.37. The van der Waals surface area contributed by atoms with E-state index in [1.807, 2.05) is 4.98 Å². The van der Waals surface area contributed by atoms with E-state index < -0.39 is 22.2 Å². The maximum Gasteiger partial charge on any atom is 0.329 e. The molecule has 1 N–H and O–H groups in total. The number of aromatic nitrogens is 2. The third-order valence-electron chi connectivity index (χ3n) is 2.62. The molecule has 1 heterocycles. The first-order valence-electron chi connectivity index (χ1n) is 5.41. The van der Waals surface area contributed by atoms with E-state index in [0.717, 1.165) is 5.56 Å². The summed E-state index contributed by atoms with van der Waals surface area (Å²) < 4.78 is 26.7. The molecule has 0 bridgehead atoms. The lowest BCUT2D eigenvalue weighted by molar-refractivity contribution is 0.538. The minimum absolute atomic E-state index is 0.0200. The van der Waals surface area contributed by atoms with E-state index in [1.54, 1.807) is 0 Å². The molecule has 19 heavy (non-hydrogen) atoms. The van der Waals surface area contributed by atoms with Gasteiger partial charge in [0.2, 0.25) is 5.82 Å². The summed E-state index contributed by atoms with van der Waals surface area (Å²) in [6.45, 7) is -0.0200. The molecule has 0 aliphatic rings. The molecule has 0 radical (unpaired) electrons. The first kappa shape index (κ1) is 13.5. The Balaban J connectivity index is 2.25. The quantitative estimate of drug-likeness (QED) is 0.874. The number of nitrogens with one attached hydrogen (secondary N) is 1. The molecule has 0 aliphatic heterocycles. The average molecular weight is 287 g/mol. The SMILES string of the molecule is O=c1[nH]c(Cl)c(F)c(=O)n1CCc1ccc(F)cc1. The molecule has 0 aliphatic carbocycles. The third-order valence-corrected chi connectivity index (χ3v) is 2.89. The zero-order valence-corrected chi connectivity index (χ0v) is 10.4. The summed E-state index contributed by atoms with van der Waals surface area (Å²) >= 11 is 5.34. The van der Waals surface area contributed by atoms with Gasteiger partial charge < -0.3 is 0 Å². The van der Waals surface area contributed by atoms with Gasteiger partial charge in [0.1, 0.15) is 5.82 Å². The van der Waals surface area contributed by atoms with Gasteiger partial charge in [-0.25, -0.2) is 9.18 Å². The summed E-state index contributed by atoms with van der Waals surface area (Å²) in [4.78, 5) is 25.0. The van der Waals surface area contributed by atoms with Crippen LogP contribution >= 0.6 is 11.6 Å². The molecule has 0 fully saturated rings. The van der Waals surface area contributed by atoms with Crippen molar-refractivity contribution in [1.82, 2.24) is 9.55 Å². The van der Waals surface area contributed by atoms with E-state index in [4.69, 9.17) is 11.6 Å². The third kappa shape index (κ3) is 2.90. The van der Waals surface area contributed by atoms with Crippen LogP contribution in [0.4, 0.5) is 8.78 Å². The van der Waals surface area contributed by atoms with E-state index in [1.165, 1.54) is 24.3 Å². The number of benzene rings is 1. The Hall–Kier alpha value is -1.95. The van der Waals surface area contributed by atoms with Gasteiger partial charge in [0.05, 0.1) is 0 Å². The van der Waals surface area contributed by atoms with Crippen molar-refractivity contribution in [2.45, 2.75) is 13.0 Å². The van der Waals surface area contributed by atoms with Gasteiger partial charge >= 0.3 is 5.69 Å². The smallest absolute Gasteiger partial charge is 0.295 e. The highest BCUT2D eigenvalue weighted by Crippen LogP contribution is 2.05. The highest BCUT2D eigenvalue weighted by molar-refractivity contribution is 6.29. The van der Waals surface area contributed by atoms with Crippen LogP contribution in [0.15, 0.2) is 33.9 Å². The second-order valence-electron chi connectivity index (χ2n) is 3.89. The zero-order valence-electron chi connectivity index (χ0n) is 9.62. The summed E-state index contributed by atoms with van der Waals surface area (Å²) in [5.41, 5.74) is -1.13. The molecule has 0 spiro atoms. The maximum absolute atomic E-state index is 13.3. The minimum Gasteiger partial charge on any atom is -0.295 e. The Kier molecular flexibility index (Phi) is 3.80. The van der Waals surface area contributed by atoms with Crippen LogP contribution in [0.2, 0.25) is 5.15 Å². The molecule has 100 valence electrons. The fourth-order valence-electron chi connectivity index (χ4n) is 1.62. The summed E-state index contributed by atoms with van der Waals surface area (Å²) in [5, 5.41) is -0.604. The number of hydrogen-bond acceptors (Lipinski definition) is 2. The first-order chi connectivity index (χ1) is 8.99.